The highest BCUT2D eigenvalue weighted by Crippen LogP contribution is 2.40. The van der Waals surface area contributed by atoms with E-state index in [1.165, 1.54) is 5.56 Å². The van der Waals surface area contributed by atoms with E-state index >= 15 is 0 Å². The van der Waals surface area contributed by atoms with Crippen molar-refractivity contribution in [3.05, 3.63) is 84.2 Å². The van der Waals surface area contributed by atoms with Crippen LogP contribution in [-0.2, 0) is 6.67 Å². The van der Waals surface area contributed by atoms with Crippen LogP contribution in [0.1, 0.15) is 41.2 Å². The van der Waals surface area contributed by atoms with Crippen LogP contribution in [0.25, 0.3) is 10.9 Å². The SMILES string of the molecule is COc1ccc(C(=O)N=Nc2c(O)n(CN3CCCC[C@H]3c3cccnc3)c3ccccc23)cc1. The monoisotopic (exact) mass is 469 g/mol. The molecule has 2 aromatic heterocycles. The van der Waals surface area contributed by atoms with Crippen LogP contribution in [0.3, 0.4) is 0 Å². The van der Waals surface area contributed by atoms with Gasteiger partial charge in [0.2, 0.25) is 5.88 Å². The van der Waals surface area contributed by atoms with E-state index in [2.05, 4.69) is 26.2 Å². The second kappa shape index (κ2) is 10.1. The summed E-state index contributed by atoms with van der Waals surface area (Å²) in [5, 5.41) is 20.0. The van der Waals surface area contributed by atoms with E-state index in [1.807, 2.05) is 41.1 Å². The molecule has 0 saturated carbocycles. The van der Waals surface area contributed by atoms with E-state index in [1.54, 1.807) is 37.6 Å². The van der Waals surface area contributed by atoms with E-state index in [-0.39, 0.29) is 17.6 Å². The molecule has 0 aliphatic carbocycles. The number of methoxy groups -OCH3 is 1. The topological polar surface area (TPSA) is 92.3 Å². The summed E-state index contributed by atoms with van der Waals surface area (Å²) in [6.07, 6.45) is 6.99. The highest BCUT2D eigenvalue weighted by Gasteiger charge is 2.26. The number of nitrogens with zero attached hydrogens (tertiary/aromatic N) is 5. The van der Waals surface area contributed by atoms with Crippen LogP contribution in [0.4, 0.5) is 5.69 Å². The van der Waals surface area contributed by atoms with Gasteiger partial charge in [-0.15, -0.1) is 10.2 Å². The zero-order valence-corrected chi connectivity index (χ0v) is 19.5. The minimum Gasteiger partial charge on any atom is -0.497 e. The summed E-state index contributed by atoms with van der Waals surface area (Å²) in [7, 11) is 1.57. The lowest BCUT2D eigenvalue weighted by Crippen LogP contribution is -2.34. The third kappa shape index (κ3) is 4.65. The molecule has 1 aliphatic heterocycles. The first-order valence-electron chi connectivity index (χ1n) is 11.7. The molecule has 1 atom stereocenters. The Balaban J connectivity index is 1.45. The number of carbonyl (C=O) groups is 1. The molecule has 0 spiro atoms. The van der Waals surface area contributed by atoms with Crippen molar-refractivity contribution in [2.75, 3.05) is 13.7 Å². The molecule has 178 valence electrons. The number of piperidine rings is 1. The van der Waals surface area contributed by atoms with Gasteiger partial charge >= 0.3 is 0 Å². The smallest absolute Gasteiger partial charge is 0.295 e. The number of aromatic hydroxyl groups is 1. The Morgan fingerprint density at radius 1 is 1.11 bits per heavy atom. The van der Waals surface area contributed by atoms with Gasteiger partial charge in [0.05, 0.1) is 19.3 Å². The second-order valence-electron chi connectivity index (χ2n) is 8.60. The van der Waals surface area contributed by atoms with Gasteiger partial charge in [0.1, 0.15) is 5.75 Å². The maximum atomic E-state index is 12.6. The number of aromatic nitrogens is 2. The largest absolute Gasteiger partial charge is 0.497 e. The molecule has 1 fully saturated rings. The minimum atomic E-state index is -0.489. The van der Waals surface area contributed by atoms with Crippen LogP contribution in [0.15, 0.2) is 83.3 Å². The number of pyridine rings is 1. The standard InChI is InChI=1S/C27H27N5O3/c1-35-21-13-11-19(12-14-21)26(33)30-29-25-22-8-2-3-10-24(22)32(27(25)34)18-31-16-5-4-9-23(31)20-7-6-15-28-17-20/h2-3,6-8,10-15,17,23,34H,4-5,9,16,18H2,1H3/t23-/m0/s1. The Kier molecular flexibility index (Phi) is 6.54. The summed E-state index contributed by atoms with van der Waals surface area (Å²) in [6.45, 7) is 1.41. The van der Waals surface area contributed by atoms with Crippen LogP contribution in [0, 0.1) is 0 Å². The average molecular weight is 470 g/mol. The molecule has 4 aromatic rings. The molecule has 1 aliphatic rings. The van der Waals surface area contributed by atoms with Crippen LogP contribution in [0.2, 0.25) is 0 Å². The van der Waals surface area contributed by atoms with Gasteiger partial charge in [-0.25, -0.2) is 0 Å². The van der Waals surface area contributed by atoms with Gasteiger partial charge in [0, 0.05) is 35.9 Å². The fraction of sp³-hybridized carbons (Fsp3) is 0.259. The molecular weight excluding hydrogens is 442 g/mol. The van der Waals surface area contributed by atoms with Crippen molar-refractivity contribution in [3.63, 3.8) is 0 Å². The number of hydrogen-bond acceptors (Lipinski definition) is 6. The predicted octanol–water partition coefficient (Wildman–Crippen LogP) is 5.86. The lowest BCUT2D eigenvalue weighted by Gasteiger charge is -2.36. The molecule has 5 rings (SSSR count). The normalized spacial score (nSPS) is 16.7. The fourth-order valence-electron chi connectivity index (χ4n) is 4.69. The lowest BCUT2D eigenvalue weighted by molar-refractivity contribution is 0.0995. The molecule has 2 aromatic carbocycles. The first kappa shape index (κ1) is 22.7. The van der Waals surface area contributed by atoms with E-state index in [0.717, 1.165) is 36.7 Å². The van der Waals surface area contributed by atoms with Gasteiger partial charge in [-0.3, -0.25) is 19.2 Å². The summed E-state index contributed by atoms with van der Waals surface area (Å²) in [5.41, 5.74) is 2.70. The molecule has 8 heteroatoms. The van der Waals surface area contributed by atoms with Crippen LogP contribution in [0.5, 0.6) is 11.6 Å². The minimum absolute atomic E-state index is 0.00649. The molecule has 35 heavy (non-hydrogen) atoms. The average Bonchev–Trinajstić information content (AvgIpc) is 3.18. The van der Waals surface area contributed by atoms with Crippen molar-refractivity contribution in [1.82, 2.24) is 14.5 Å². The Hall–Kier alpha value is -4.04. The van der Waals surface area contributed by atoms with Crippen molar-refractivity contribution in [3.8, 4) is 11.6 Å². The number of azo groups is 1. The molecule has 0 bridgehead atoms. The van der Waals surface area contributed by atoms with Crippen LogP contribution >= 0.6 is 0 Å². The number of para-hydroxylation sites is 1. The molecule has 1 saturated heterocycles. The summed E-state index contributed by atoms with van der Waals surface area (Å²) in [5.74, 6) is 0.158. The van der Waals surface area contributed by atoms with Gasteiger partial charge in [-0.05, 0) is 54.8 Å². The Morgan fingerprint density at radius 3 is 2.71 bits per heavy atom. The third-order valence-corrected chi connectivity index (χ3v) is 6.50. The molecule has 1 amide bonds. The zero-order chi connectivity index (χ0) is 24.2. The second-order valence-corrected chi connectivity index (χ2v) is 8.60. The molecule has 3 heterocycles. The van der Waals surface area contributed by atoms with E-state index < -0.39 is 5.91 Å². The quantitative estimate of drug-likeness (QED) is 0.357. The van der Waals surface area contributed by atoms with Gasteiger partial charge in [0.25, 0.3) is 5.91 Å². The van der Waals surface area contributed by atoms with Crippen molar-refractivity contribution < 1.29 is 14.6 Å². The first-order valence-corrected chi connectivity index (χ1v) is 11.7. The predicted molar refractivity (Wildman–Crippen MR) is 133 cm³/mol. The van der Waals surface area contributed by atoms with E-state index in [0.29, 0.717) is 18.0 Å². The summed E-state index contributed by atoms with van der Waals surface area (Å²) >= 11 is 0. The fourth-order valence-corrected chi connectivity index (χ4v) is 4.69. The van der Waals surface area contributed by atoms with E-state index in [9.17, 15) is 9.90 Å². The first-order chi connectivity index (χ1) is 17.2. The number of benzene rings is 2. The van der Waals surface area contributed by atoms with Gasteiger partial charge in [-0.2, -0.15) is 0 Å². The van der Waals surface area contributed by atoms with Crippen LogP contribution in [-0.4, -0.2) is 39.1 Å². The van der Waals surface area contributed by atoms with E-state index in [4.69, 9.17) is 4.74 Å². The summed E-state index contributed by atoms with van der Waals surface area (Å²) in [4.78, 5) is 19.2. The highest BCUT2D eigenvalue weighted by molar-refractivity contribution is 5.97. The number of carbonyl (C=O) groups excluding carboxylic acids is 1. The zero-order valence-electron chi connectivity index (χ0n) is 19.5. The summed E-state index contributed by atoms with van der Waals surface area (Å²) < 4.78 is 6.98. The number of fused-ring (bicyclic) bond motifs is 1. The third-order valence-electron chi connectivity index (χ3n) is 6.50. The Morgan fingerprint density at radius 2 is 1.94 bits per heavy atom. The van der Waals surface area contributed by atoms with Crippen molar-refractivity contribution in [1.29, 1.82) is 0 Å². The number of amides is 1. The molecular formula is C27H27N5O3. The molecule has 1 N–H and O–H groups in total. The Bertz CT molecular complexity index is 1350. The Labute approximate surface area is 203 Å². The number of ether oxygens (including phenoxy) is 1. The highest BCUT2D eigenvalue weighted by atomic mass is 16.5. The summed E-state index contributed by atoms with van der Waals surface area (Å²) in [6, 6.07) is 18.6. The number of rotatable bonds is 6. The van der Waals surface area contributed by atoms with Gasteiger partial charge in [-0.1, -0.05) is 30.7 Å². The molecule has 0 radical (unpaired) electrons. The van der Waals surface area contributed by atoms with Gasteiger partial charge < -0.3 is 9.84 Å². The maximum Gasteiger partial charge on any atom is 0.295 e. The molecule has 8 nitrogen and oxygen atoms in total. The number of hydrogen-bond donors (Lipinski definition) is 1. The van der Waals surface area contributed by atoms with Crippen LogP contribution < -0.4 is 4.74 Å². The van der Waals surface area contributed by atoms with Crippen molar-refractivity contribution >= 4 is 22.5 Å². The van der Waals surface area contributed by atoms with Crippen molar-refractivity contribution in [2.24, 2.45) is 10.2 Å². The molecule has 0 unspecified atom stereocenters. The number of likely N-dealkylation sites (tertiary alicyclic amines) is 1. The van der Waals surface area contributed by atoms with Gasteiger partial charge in [0.15, 0.2) is 5.69 Å². The maximum absolute atomic E-state index is 12.6. The lowest BCUT2D eigenvalue weighted by atomic mass is 9.97. The van der Waals surface area contributed by atoms with Crippen molar-refractivity contribution in [2.45, 2.75) is 32.0 Å².